The van der Waals surface area contributed by atoms with Crippen LogP contribution in [0.25, 0.3) is 0 Å². The highest BCUT2D eigenvalue weighted by Gasteiger charge is 2.30. The first-order chi connectivity index (χ1) is 10.2. The van der Waals surface area contributed by atoms with Crippen molar-refractivity contribution in [3.8, 4) is 6.07 Å². The lowest BCUT2D eigenvalue weighted by Gasteiger charge is -2.34. The molecule has 1 aliphatic rings. The molecule has 1 aromatic rings. The van der Waals surface area contributed by atoms with Gasteiger partial charge in [-0.2, -0.15) is 5.26 Å². The summed E-state index contributed by atoms with van der Waals surface area (Å²) in [5.74, 6) is -0.817. The fraction of sp³-hybridized carbons (Fsp3) is 0.467. The molecule has 1 unspecified atom stereocenters. The number of esters is 1. The topological polar surface area (TPSA) is 65.4 Å². The summed E-state index contributed by atoms with van der Waals surface area (Å²) in [6, 6.07) is 6.14. The fourth-order valence-corrected chi connectivity index (χ4v) is 2.41. The Bertz CT molecular complexity index is 556. The van der Waals surface area contributed by atoms with E-state index in [4.69, 9.17) is 10.00 Å². The van der Waals surface area contributed by atoms with E-state index in [1.54, 1.807) is 19.1 Å². The Hall–Kier alpha value is -1.97. The zero-order valence-electron chi connectivity index (χ0n) is 11.9. The molecule has 1 heterocycles. The van der Waals surface area contributed by atoms with Crippen molar-refractivity contribution >= 4 is 5.97 Å². The third-order valence-corrected chi connectivity index (χ3v) is 3.49. The van der Waals surface area contributed by atoms with E-state index in [1.807, 2.05) is 11.0 Å². The van der Waals surface area contributed by atoms with Crippen LogP contribution in [-0.2, 0) is 16.1 Å². The first-order valence-corrected chi connectivity index (χ1v) is 6.96. The number of halogens is 1. The lowest BCUT2D eigenvalue weighted by molar-refractivity contribution is -0.150. The summed E-state index contributed by atoms with van der Waals surface area (Å²) < 4.78 is 19.2. The second-order valence-corrected chi connectivity index (χ2v) is 4.83. The lowest BCUT2D eigenvalue weighted by atomic mass is 10.1. The summed E-state index contributed by atoms with van der Waals surface area (Å²) in [4.78, 5) is 13.8. The van der Waals surface area contributed by atoms with Crippen LogP contribution in [0.15, 0.2) is 18.2 Å². The molecule has 0 amide bonds. The van der Waals surface area contributed by atoms with E-state index in [9.17, 15) is 9.18 Å². The molecule has 1 aliphatic heterocycles. The maximum absolute atomic E-state index is 14.1. The zero-order valence-corrected chi connectivity index (χ0v) is 11.9. The number of piperazine rings is 1. The van der Waals surface area contributed by atoms with Crippen LogP contribution in [0, 0.1) is 17.1 Å². The summed E-state index contributed by atoms with van der Waals surface area (Å²) in [7, 11) is 0. The van der Waals surface area contributed by atoms with Crippen LogP contribution in [0.3, 0.4) is 0 Å². The smallest absolute Gasteiger partial charge is 0.324 e. The Morgan fingerprint density at radius 2 is 2.43 bits per heavy atom. The average molecular weight is 291 g/mol. The Morgan fingerprint density at radius 1 is 1.62 bits per heavy atom. The van der Waals surface area contributed by atoms with Gasteiger partial charge in [0.2, 0.25) is 0 Å². The van der Waals surface area contributed by atoms with Gasteiger partial charge in [0.25, 0.3) is 0 Å². The lowest BCUT2D eigenvalue weighted by Crippen LogP contribution is -2.55. The highest BCUT2D eigenvalue weighted by atomic mass is 19.1. The van der Waals surface area contributed by atoms with Crippen LogP contribution >= 0.6 is 0 Å². The van der Waals surface area contributed by atoms with Crippen molar-refractivity contribution in [3.63, 3.8) is 0 Å². The minimum absolute atomic E-state index is 0.0234. The molecule has 6 heteroatoms. The molecule has 2 rings (SSSR count). The third-order valence-electron chi connectivity index (χ3n) is 3.49. The molecular weight excluding hydrogens is 273 g/mol. The zero-order chi connectivity index (χ0) is 15.2. The number of rotatable bonds is 4. The van der Waals surface area contributed by atoms with Gasteiger partial charge in [0.05, 0.1) is 12.2 Å². The van der Waals surface area contributed by atoms with Crippen molar-refractivity contribution in [3.05, 3.63) is 35.1 Å². The first kappa shape index (κ1) is 15.4. The van der Waals surface area contributed by atoms with Crippen LogP contribution in [-0.4, -0.2) is 43.2 Å². The molecule has 1 atom stereocenters. The molecule has 1 fully saturated rings. The average Bonchev–Trinajstić information content (AvgIpc) is 2.50. The molecule has 0 aromatic heterocycles. The largest absolute Gasteiger partial charge is 0.465 e. The quantitative estimate of drug-likeness (QED) is 0.840. The molecule has 0 saturated carbocycles. The van der Waals surface area contributed by atoms with Gasteiger partial charge in [0.1, 0.15) is 17.9 Å². The van der Waals surface area contributed by atoms with E-state index in [1.165, 1.54) is 6.07 Å². The number of carbonyl (C=O) groups is 1. The molecule has 112 valence electrons. The van der Waals surface area contributed by atoms with Crippen molar-refractivity contribution in [1.29, 1.82) is 5.26 Å². The van der Waals surface area contributed by atoms with Crippen molar-refractivity contribution in [2.24, 2.45) is 0 Å². The monoisotopic (exact) mass is 291 g/mol. The van der Waals surface area contributed by atoms with Gasteiger partial charge in [-0.15, -0.1) is 0 Å². The molecule has 21 heavy (non-hydrogen) atoms. The van der Waals surface area contributed by atoms with Gasteiger partial charge in [0.15, 0.2) is 0 Å². The highest BCUT2D eigenvalue weighted by Crippen LogP contribution is 2.17. The summed E-state index contributed by atoms with van der Waals surface area (Å²) in [5, 5.41) is 12.0. The van der Waals surface area contributed by atoms with E-state index >= 15 is 0 Å². The molecule has 0 radical (unpaired) electrons. The third kappa shape index (κ3) is 3.57. The van der Waals surface area contributed by atoms with E-state index in [0.29, 0.717) is 25.3 Å². The maximum Gasteiger partial charge on any atom is 0.324 e. The maximum atomic E-state index is 14.1. The number of benzene rings is 1. The van der Waals surface area contributed by atoms with Crippen LogP contribution < -0.4 is 5.32 Å². The fourth-order valence-electron chi connectivity index (χ4n) is 2.41. The van der Waals surface area contributed by atoms with E-state index in [2.05, 4.69) is 5.32 Å². The number of ether oxygens (including phenoxy) is 1. The van der Waals surface area contributed by atoms with Crippen molar-refractivity contribution in [2.75, 3.05) is 26.2 Å². The van der Waals surface area contributed by atoms with Crippen LogP contribution in [0.2, 0.25) is 0 Å². The van der Waals surface area contributed by atoms with Crippen molar-refractivity contribution in [2.45, 2.75) is 19.5 Å². The second-order valence-electron chi connectivity index (χ2n) is 4.83. The van der Waals surface area contributed by atoms with Crippen molar-refractivity contribution < 1.29 is 13.9 Å². The number of nitrogens with one attached hydrogen (secondary N) is 1. The summed E-state index contributed by atoms with van der Waals surface area (Å²) in [6.07, 6.45) is 0. The number of carbonyl (C=O) groups excluding carboxylic acids is 1. The van der Waals surface area contributed by atoms with Gasteiger partial charge >= 0.3 is 5.97 Å². The highest BCUT2D eigenvalue weighted by molar-refractivity contribution is 5.76. The van der Waals surface area contributed by atoms with E-state index in [0.717, 1.165) is 6.54 Å². The summed E-state index contributed by atoms with van der Waals surface area (Å²) in [6.45, 7) is 4.20. The number of nitriles is 1. The summed E-state index contributed by atoms with van der Waals surface area (Å²) >= 11 is 0. The first-order valence-electron chi connectivity index (χ1n) is 6.96. The van der Waals surface area contributed by atoms with Crippen LogP contribution in [0.1, 0.15) is 18.1 Å². The molecule has 0 spiro atoms. The van der Waals surface area contributed by atoms with Crippen LogP contribution in [0.5, 0.6) is 0 Å². The van der Waals surface area contributed by atoms with Gasteiger partial charge < -0.3 is 10.1 Å². The van der Waals surface area contributed by atoms with E-state index < -0.39 is 11.9 Å². The normalized spacial score (nSPS) is 19.0. The minimum atomic E-state index is -0.513. The summed E-state index contributed by atoms with van der Waals surface area (Å²) in [5.41, 5.74) is 0.445. The van der Waals surface area contributed by atoms with Gasteiger partial charge in [0, 0.05) is 31.7 Å². The Balaban J connectivity index is 2.16. The van der Waals surface area contributed by atoms with E-state index in [-0.39, 0.29) is 18.1 Å². The van der Waals surface area contributed by atoms with Gasteiger partial charge in [-0.05, 0) is 13.0 Å². The van der Waals surface area contributed by atoms with Gasteiger partial charge in [-0.25, -0.2) is 4.39 Å². The molecule has 0 aliphatic carbocycles. The Labute approximate surface area is 123 Å². The Kier molecular flexibility index (Phi) is 5.26. The molecule has 1 N–H and O–H groups in total. The molecule has 0 bridgehead atoms. The van der Waals surface area contributed by atoms with Gasteiger partial charge in [-0.1, -0.05) is 12.1 Å². The second kappa shape index (κ2) is 7.16. The number of nitrogens with zero attached hydrogens (tertiary/aromatic N) is 2. The predicted octanol–water partition coefficient (Wildman–Crippen LogP) is 1.03. The number of hydrogen-bond donors (Lipinski definition) is 1. The van der Waals surface area contributed by atoms with Crippen LogP contribution in [0.4, 0.5) is 4.39 Å². The number of hydrogen-bond acceptors (Lipinski definition) is 5. The minimum Gasteiger partial charge on any atom is -0.465 e. The predicted molar refractivity (Wildman–Crippen MR) is 74.8 cm³/mol. The molecule has 1 saturated heterocycles. The Morgan fingerprint density at radius 3 is 3.14 bits per heavy atom. The standard InChI is InChI=1S/C15H18FN3O2/c1-2-21-15(20)13-9-18-6-7-19(13)10-12-5-3-4-11(8-17)14(12)16/h3-5,13,18H,2,6-7,9-10H2,1H3. The molecule has 1 aromatic carbocycles. The SMILES string of the molecule is CCOC(=O)C1CNCCN1Cc1cccc(C#N)c1F. The molecular formula is C15H18FN3O2. The van der Waals surface area contributed by atoms with Crippen molar-refractivity contribution in [1.82, 2.24) is 10.2 Å². The van der Waals surface area contributed by atoms with Gasteiger partial charge in [-0.3, -0.25) is 9.69 Å². The molecule has 5 nitrogen and oxygen atoms in total.